The molecule has 1 aromatic heterocycles. The summed E-state index contributed by atoms with van der Waals surface area (Å²) in [6.45, 7) is 6.10. The highest BCUT2D eigenvalue weighted by Crippen LogP contribution is 2.59. The number of piperazine rings is 1. The molecule has 2 heterocycles. The maximum absolute atomic E-state index is 12.6. The number of carbonyl (C=O) groups excluding carboxylic acids is 1. The number of nitrogens with zero attached hydrogens (tertiary/aromatic N) is 3. The molecule has 3 rings (SSSR count). The number of hydrogen-bond acceptors (Lipinski definition) is 4. The molecule has 1 saturated heterocycles. The Morgan fingerprint density at radius 2 is 1.91 bits per heavy atom. The van der Waals surface area contributed by atoms with Crippen molar-refractivity contribution in [3.8, 4) is 0 Å². The summed E-state index contributed by atoms with van der Waals surface area (Å²) in [5.74, 6) is -1.18. The summed E-state index contributed by atoms with van der Waals surface area (Å²) in [7, 11) is 0. The summed E-state index contributed by atoms with van der Waals surface area (Å²) in [5.41, 5.74) is -0.454. The van der Waals surface area contributed by atoms with Crippen molar-refractivity contribution in [2.75, 3.05) is 31.1 Å². The first-order chi connectivity index (χ1) is 10.8. The van der Waals surface area contributed by atoms with Crippen LogP contribution >= 0.6 is 11.6 Å². The van der Waals surface area contributed by atoms with Gasteiger partial charge in [-0.1, -0.05) is 25.4 Å². The molecule has 6 nitrogen and oxygen atoms in total. The normalized spacial score (nSPS) is 26.0. The first-order valence-electron chi connectivity index (χ1n) is 7.71. The molecule has 0 unspecified atom stereocenters. The number of carboxylic acids is 1. The Labute approximate surface area is 140 Å². The van der Waals surface area contributed by atoms with Gasteiger partial charge in [0.1, 0.15) is 5.82 Å². The van der Waals surface area contributed by atoms with Gasteiger partial charge in [0.15, 0.2) is 0 Å². The Morgan fingerprint density at radius 1 is 1.26 bits per heavy atom. The zero-order chi connectivity index (χ0) is 16.8. The van der Waals surface area contributed by atoms with Crippen molar-refractivity contribution in [2.24, 2.45) is 17.3 Å². The molecule has 0 radical (unpaired) electrons. The first kappa shape index (κ1) is 16.1. The zero-order valence-corrected chi connectivity index (χ0v) is 14.0. The lowest BCUT2D eigenvalue weighted by Crippen LogP contribution is -2.50. The molecule has 1 aliphatic carbocycles. The van der Waals surface area contributed by atoms with Crippen LogP contribution in [0.2, 0.25) is 5.02 Å². The number of hydrogen-bond donors (Lipinski definition) is 1. The molecule has 124 valence electrons. The van der Waals surface area contributed by atoms with Gasteiger partial charge in [0.05, 0.1) is 16.9 Å². The Bertz CT molecular complexity index is 641. The van der Waals surface area contributed by atoms with Gasteiger partial charge in [-0.2, -0.15) is 0 Å². The molecule has 1 aliphatic heterocycles. The molecule has 7 heteroatoms. The van der Waals surface area contributed by atoms with E-state index in [9.17, 15) is 14.7 Å². The van der Waals surface area contributed by atoms with Gasteiger partial charge in [-0.05, 0) is 17.5 Å². The first-order valence-corrected chi connectivity index (χ1v) is 8.09. The van der Waals surface area contributed by atoms with Crippen LogP contribution < -0.4 is 4.90 Å². The van der Waals surface area contributed by atoms with E-state index in [1.54, 1.807) is 23.2 Å². The maximum Gasteiger partial charge on any atom is 0.307 e. The largest absolute Gasteiger partial charge is 0.481 e. The Morgan fingerprint density at radius 3 is 2.43 bits per heavy atom. The van der Waals surface area contributed by atoms with Crippen LogP contribution in [-0.4, -0.2) is 53.0 Å². The van der Waals surface area contributed by atoms with Crippen LogP contribution in [0.4, 0.5) is 5.82 Å². The van der Waals surface area contributed by atoms with E-state index in [1.807, 2.05) is 13.8 Å². The van der Waals surface area contributed by atoms with Gasteiger partial charge in [-0.3, -0.25) is 9.59 Å². The molecule has 0 aromatic carbocycles. The topological polar surface area (TPSA) is 73.7 Å². The number of pyridine rings is 1. The Kier molecular flexibility index (Phi) is 3.96. The van der Waals surface area contributed by atoms with E-state index in [0.717, 1.165) is 5.82 Å². The third-order valence-electron chi connectivity index (χ3n) is 4.99. The molecule has 2 aliphatic rings. The number of aromatic nitrogens is 1. The minimum absolute atomic E-state index is 0.0471. The highest BCUT2D eigenvalue weighted by Gasteiger charge is 2.66. The van der Waals surface area contributed by atoms with Crippen LogP contribution in [-0.2, 0) is 9.59 Å². The van der Waals surface area contributed by atoms with E-state index < -0.39 is 23.2 Å². The quantitative estimate of drug-likeness (QED) is 0.909. The molecule has 1 amide bonds. The number of carbonyl (C=O) groups is 2. The number of halogens is 1. The van der Waals surface area contributed by atoms with Crippen LogP contribution in [0.5, 0.6) is 0 Å². The van der Waals surface area contributed by atoms with E-state index in [1.165, 1.54) is 0 Å². The van der Waals surface area contributed by atoms with Crippen molar-refractivity contribution in [3.63, 3.8) is 0 Å². The number of anilines is 1. The van der Waals surface area contributed by atoms with Gasteiger partial charge in [-0.25, -0.2) is 4.98 Å². The fraction of sp³-hybridized carbons (Fsp3) is 0.562. The summed E-state index contributed by atoms with van der Waals surface area (Å²) >= 11 is 6.16. The second kappa shape index (κ2) is 5.67. The highest BCUT2D eigenvalue weighted by atomic mass is 35.5. The number of amides is 1. The summed E-state index contributed by atoms with van der Waals surface area (Å²) in [6, 6.07) is 3.58. The summed E-state index contributed by atoms with van der Waals surface area (Å²) in [6.07, 6.45) is 1.70. The Balaban J connectivity index is 1.63. The van der Waals surface area contributed by atoms with Crippen LogP contribution in [0, 0.1) is 17.3 Å². The molecule has 2 fully saturated rings. The summed E-state index contributed by atoms with van der Waals surface area (Å²) in [5, 5.41) is 9.82. The van der Waals surface area contributed by atoms with Crippen molar-refractivity contribution in [3.05, 3.63) is 23.4 Å². The average molecular weight is 338 g/mol. The number of rotatable bonds is 3. The molecular formula is C16H20ClN3O3. The fourth-order valence-corrected chi connectivity index (χ4v) is 3.75. The molecule has 1 aromatic rings. The van der Waals surface area contributed by atoms with Crippen molar-refractivity contribution in [1.29, 1.82) is 0 Å². The van der Waals surface area contributed by atoms with Crippen LogP contribution in [0.25, 0.3) is 0 Å². The van der Waals surface area contributed by atoms with Crippen molar-refractivity contribution in [2.45, 2.75) is 13.8 Å². The highest BCUT2D eigenvalue weighted by molar-refractivity contribution is 6.32. The average Bonchev–Trinajstić information content (AvgIpc) is 3.10. The second-order valence-corrected chi connectivity index (χ2v) is 7.14. The van der Waals surface area contributed by atoms with Crippen LogP contribution in [0.1, 0.15) is 13.8 Å². The standard InChI is InChI=1S/C16H20ClN3O3/c1-16(2)11(12(16)15(22)23)14(21)20-8-6-19(7-9-20)13-10(17)4-3-5-18-13/h3-5,11-12H,6-9H2,1-2H3,(H,22,23)/t11-,12+/m1/s1. The molecule has 2 atom stereocenters. The molecule has 0 spiro atoms. The molecule has 0 bridgehead atoms. The minimum Gasteiger partial charge on any atom is -0.481 e. The Hall–Kier alpha value is -1.82. The maximum atomic E-state index is 12.6. The van der Waals surface area contributed by atoms with Crippen molar-refractivity contribution < 1.29 is 14.7 Å². The van der Waals surface area contributed by atoms with E-state index >= 15 is 0 Å². The minimum atomic E-state index is -0.882. The second-order valence-electron chi connectivity index (χ2n) is 6.74. The van der Waals surface area contributed by atoms with Gasteiger partial charge in [0.2, 0.25) is 5.91 Å². The van der Waals surface area contributed by atoms with E-state index in [4.69, 9.17) is 11.6 Å². The SMILES string of the molecule is CC1(C)[C@H](C(=O)O)[C@@H]1C(=O)N1CCN(c2ncccc2Cl)CC1. The summed E-state index contributed by atoms with van der Waals surface area (Å²) < 4.78 is 0. The lowest BCUT2D eigenvalue weighted by Gasteiger charge is -2.36. The molecule has 1 saturated carbocycles. The van der Waals surface area contributed by atoms with Crippen molar-refractivity contribution in [1.82, 2.24) is 9.88 Å². The monoisotopic (exact) mass is 337 g/mol. The third kappa shape index (κ3) is 2.76. The van der Waals surface area contributed by atoms with Crippen LogP contribution in [0.15, 0.2) is 18.3 Å². The van der Waals surface area contributed by atoms with Gasteiger partial charge in [0, 0.05) is 32.4 Å². The van der Waals surface area contributed by atoms with Gasteiger partial charge in [0.25, 0.3) is 0 Å². The van der Waals surface area contributed by atoms with Crippen LogP contribution in [0.3, 0.4) is 0 Å². The lowest BCUT2D eigenvalue weighted by molar-refractivity contribution is -0.142. The van der Waals surface area contributed by atoms with Crippen molar-refractivity contribution >= 4 is 29.3 Å². The van der Waals surface area contributed by atoms with Gasteiger partial charge in [-0.15, -0.1) is 0 Å². The fourth-order valence-electron chi connectivity index (χ4n) is 3.50. The number of aliphatic carboxylic acids is 1. The summed E-state index contributed by atoms with van der Waals surface area (Å²) in [4.78, 5) is 32.0. The molecular weight excluding hydrogens is 318 g/mol. The molecule has 23 heavy (non-hydrogen) atoms. The lowest BCUT2D eigenvalue weighted by atomic mass is 10.1. The van der Waals surface area contributed by atoms with E-state index in [-0.39, 0.29) is 5.91 Å². The predicted octanol–water partition coefficient (Wildman–Crippen LogP) is 1.74. The van der Waals surface area contributed by atoms with Gasteiger partial charge < -0.3 is 14.9 Å². The smallest absolute Gasteiger partial charge is 0.307 e. The van der Waals surface area contributed by atoms with E-state index in [0.29, 0.717) is 31.2 Å². The third-order valence-corrected chi connectivity index (χ3v) is 5.28. The van der Waals surface area contributed by atoms with E-state index in [2.05, 4.69) is 9.88 Å². The molecule has 1 N–H and O–H groups in total. The zero-order valence-electron chi connectivity index (χ0n) is 13.2. The predicted molar refractivity (Wildman–Crippen MR) is 86.4 cm³/mol. The van der Waals surface area contributed by atoms with Gasteiger partial charge >= 0.3 is 5.97 Å². The number of carboxylic acid groups (broad SMARTS) is 1.